The number of ether oxygens (including phenoxy) is 2. The summed E-state index contributed by atoms with van der Waals surface area (Å²) in [5.41, 5.74) is 5.79. The minimum atomic E-state index is -0.976. The molecule has 0 aliphatic carbocycles. The van der Waals surface area contributed by atoms with Crippen molar-refractivity contribution in [3.63, 3.8) is 0 Å². The molecule has 318 valence electrons. The van der Waals surface area contributed by atoms with Gasteiger partial charge >= 0.3 is 6.03 Å². The molecule has 0 spiro atoms. The number of rotatable bonds is 11. The Kier molecular flexibility index (Phi) is 11.4. The molecule has 1 atom stereocenters. The van der Waals surface area contributed by atoms with Crippen LogP contribution >= 0.6 is 0 Å². The third-order valence-electron chi connectivity index (χ3n) is 13.2. The van der Waals surface area contributed by atoms with Crippen molar-refractivity contribution in [3.8, 4) is 22.6 Å². The molecule has 0 bridgehead atoms. The fourth-order valence-electron chi connectivity index (χ4n) is 9.50. The minimum absolute atomic E-state index is 0.0894. The van der Waals surface area contributed by atoms with Gasteiger partial charge in [-0.3, -0.25) is 44.0 Å². The molecule has 3 aromatic rings. The monoisotopic (exact) mass is 822 g/mol. The lowest BCUT2D eigenvalue weighted by atomic mass is 9.91. The summed E-state index contributed by atoms with van der Waals surface area (Å²) >= 11 is 0. The zero-order valence-electron chi connectivity index (χ0n) is 35.0. The van der Waals surface area contributed by atoms with Crippen LogP contribution in [0, 0.1) is 5.92 Å². The summed E-state index contributed by atoms with van der Waals surface area (Å²) in [6, 6.07) is 8.58. The van der Waals surface area contributed by atoms with Gasteiger partial charge in [0, 0.05) is 75.7 Å². The molecule has 0 saturated carbocycles. The summed E-state index contributed by atoms with van der Waals surface area (Å²) < 4.78 is 13.5. The molecule has 16 nitrogen and oxygen atoms in total. The molecule has 3 saturated heterocycles. The molecule has 5 aliphatic rings. The van der Waals surface area contributed by atoms with Crippen molar-refractivity contribution in [2.24, 2.45) is 13.0 Å². The van der Waals surface area contributed by atoms with E-state index in [1.165, 1.54) is 0 Å². The Morgan fingerprint density at radius 1 is 0.883 bits per heavy atom. The number of carbonyl (C=O) groups excluding carboxylic acids is 5. The minimum Gasteiger partial charge on any atom is -0.496 e. The molecular weight excluding hydrogens is 769 g/mol. The van der Waals surface area contributed by atoms with Crippen molar-refractivity contribution in [1.82, 2.24) is 34.8 Å². The highest BCUT2D eigenvalue weighted by Gasteiger charge is 2.45. The van der Waals surface area contributed by atoms with E-state index in [0.29, 0.717) is 48.2 Å². The van der Waals surface area contributed by atoms with E-state index in [9.17, 15) is 28.8 Å². The Morgan fingerprint density at radius 3 is 2.25 bits per heavy atom. The number of hydrogen-bond donors (Lipinski definition) is 2. The van der Waals surface area contributed by atoms with Gasteiger partial charge in [0.05, 0.1) is 37.5 Å². The Balaban J connectivity index is 0.837. The van der Waals surface area contributed by atoms with Crippen LogP contribution in [0.3, 0.4) is 0 Å². The molecule has 1 unspecified atom stereocenters. The van der Waals surface area contributed by atoms with E-state index in [1.54, 1.807) is 49.9 Å². The van der Waals surface area contributed by atoms with E-state index in [-0.39, 0.29) is 31.0 Å². The largest absolute Gasteiger partial charge is 0.496 e. The third kappa shape index (κ3) is 7.62. The Morgan fingerprint density at radius 2 is 1.58 bits per heavy atom. The van der Waals surface area contributed by atoms with Crippen LogP contribution in [-0.4, -0.2) is 133 Å². The maximum Gasteiger partial charge on any atom is 0.317 e. The lowest BCUT2D eigenvalue weighted by molar-refractivity contribution is -0.136. The van der Waals surface area contributed by atoms with E-state index in [2.05, 4.69) is 32.4 Å². The number of aromatic nitrogens is 1. The smallest absolute Gasteiger partial charge is 0.317 e. The second-order valence-electron chi connectivity index (χ2n) is 16.7. The summed E-state index contributed by atoms with van der Waals surface area (Å²) in [5, 5.41) is 4.91. The molecule has 60 heavy (non-hydrogen) atoms. The highest BCUT2D eigenvalue weighted by Crippen LogP contribution is 2.39. The van der Waals surface area contributed by atoms with Crippen LogP contribution in [0.5, 0.6) is 11.5 Å². The summed E-state index contributed by atoms with van der Waals surface area (Å²) in [5.74, 6) is 0.111. The summed E-state index contributed by atoms with van der Waals surface area (Å²) in [6.07, 6.45) is 5.98. The van der Waals surface area contributed by atoms with Gasteiger partial charge in [-0.15, -0.1) is 0 Å². The van der Waals surface area contributed by atoms with E-state index < -0.39 is 29.7 Å². The number of methoxy groups -OCH3 is 2. The number of likely N-dealkylation sites (N-methyl/N-ethyl adjacent to an activating group) is 1. The second-order valence-corrected chi connectivity index (χ2v) is 16.7. The van der Waals surface area contributed by atoms with Crippen molar-refractivity contribution in [2.75, 3.05) is 72.5 Å². The van der Waals surface area contributed by atoms with Gasteiger partial charge in [-0.05, 0) is 106 Å². The number of benzene rings is 2. The molecule has 0 radical (unpaired) electrons. The van der Waals surface area contributed by atoms with Crippen molar-refractivity contribution in [1.29, 1.82) is 0 Å². The first-order valence-electron chi connectivity index (χ1n) is 20.9. The molecule has 1 aromatic heterocycles. The van der Waals surface area contributed by atoms with Gasteiger partial charge < -0.3 is 29.2 Å². The number of fused-ring (bicyclic) bond motifs is 2. The molecular formula is C44H54N8O8. The van der Waals surface area contributed by atoms with E-state index in [4.69, 9.17) is 9.47 Å². The highest BCUT2D eigenvalue weighted by atomic mass is 16.5. The van der Waals surface area contributed by atoms with Gasteiger partial charge in [0.25, 0.3) is 17.4 Å². The van der Waals surface area contributed by atoms with Gasteiger partial charge in [0.1, 0.15) is 17.5 Å². The number of anilines is 1. The lowest BCUT2D eigenvalue weighted by Crippen LogP contribution is -2.58. The Bertz CT molecular complexity index is 2270. The summed E-state index contributed by atoms with van der Waals surface area (Å²) in [4.78, 5) is 85.9. The van der Waals surface area contributed by atoms with Crippen molar-refractivity contribution < 1.29 is 33.4 Å². The van der Waals surface area contributed by atoms with Crippen LogP contribution < -0.4 is 30.6 Å². The zero-order valence-corrected chi connectivity index (χ0v) is 35.0. The van der Waals surface area contributed by atoms with Gasteiger partial charge in [-0.25, -0.2) is 4.79 Å². The number of nitrogens with zero attached hydrogens (tertiary/aromatic N) is 6. The maximum absolute atomic E-state index is 13.3. The van der Waals surface area contributed by atoms with Crippen LogP contribution in [0.15, 0.2) is 41.3 Å². The van der Waals surface area contributed by atoms with Gasteiger partial charge in [-0.2, -0.15) is 0 Å². The first-order chi connectivity index (χ1) is 28.9. The normalized spacial score (nSPS) is 20.0. The summed E-state index contributed by atoms with van der Waals surface area (Å²) in [7, 11) is 8.87. The van der Waals surface area contributed by atoms with Crippen LogP contribution in [-0.2, 0) is 36.1 Å². The fourth-order valence-corrected chi connectivity index (χ4v) is 9.50. The topological polar surface area (TPSA) is 166 Å². The predicted octanol–water partition coefficient (Wildman–Crippen LogP) is 2.59. The first kappa shape index (κ1) is 41.0. The zero-order chi connectivity index (χ0) is 42.4. The van der Waals surface area contributed by atoms with Crippen LogP contribution in [0.2, 0.25) is 0 Å². The second kappa shape index (κ2) is 16.7. The molecule has 16 heteroatoms. The van der Waals surface area contributed by atoms with Crippen molar-refractivity contribution >= 4 is 35.3 Å². The van der Waals surface area contributed by atoms with Gasteiger partial charge in [-0.1, -0.05) is 0 Å². The number of imide groups is 2. The molecule has 5 aliphatic heterocycles. The quantitative estimate of drug-likeness (QED) is 0.273. The standard InChI is InChI=1S/C44H54N8O8/c1-45-44(58)50-17-13-30-33(23-48(3)41(55)34(30)25-50)27-18-37(59-4)35(38(19-27)60-5)24-49-15-11-26(12-16-49)10-14-47(2)29-21-51(22-29)28-6-7-31-32(20-28)43(57)52(42(31)56)36-8-9-39(53)46-40(36)54/h6-7,18-20,23,26,29,36H,8-17,21-22,24-25H2,1-5H3,(H,45,58)(H,46,53,54). The molecule has 3 fully saturated rings. The average molecular weight is 823 g/mol. The van der Waals surface area contributed by atoms with Gasteiger partial charge in [0.15, 0.2) is 0 Å². The van der Waals surface area contributed by atoms with E-state index in [1.807, 2.05) is 24.4 Å². The predicted molar refractivity (Wildman–Crippen MR) is 223 cm³/mol. The number of hydrogen-bond acceptors (Lipinski definition) is 11. The lowest BCUT2D eigenvalue weighted by Gasteiger charge is -2.46. The van der Waals surface area contributed by atoms with E-state index >= 15 is 0 Å². The molecule has 6 heterocycles. The number of pyridine rings is 1. The van der Waals surface area contributed by atoms with Crippen molar-refractivity contribution in [3.05, 3.63) is 74.7 Å². The molecule has 8 rings (SSSR count). The van der Waals surface area contributed by atoms with E-state index in [0.717, 1.165) is 96.3 Å². The number of nitrogens with one attached hydrogen (secondary N) is 2. The first-order valence-corrected chi connectivity index (χ1v) is 20.9. The highest BCUT2D eigenvalue weighted by molar-refractivity contribution is 6.23. The number of amides is 6. The Labute approximate surface area is 349 Å². The Hall–Kier alpha value is -5.74. The van der Waals surface area contributed by atoms with Crippen LogP contribution in [0.1, 0.15) is 69.5 Å². The average Bonchev–Trinajstić information content (AvgIpc) is 3.48. The number of carbonyl (C=O) groups is 5. The molecule has 2 N–H and O–H groups in total. The number of urea groups is 1. The van der Waals surface area contributed by atoms with Gasteiger partial charge in [0.2, 0.25) is 11.8 Å². The fraction of sp³-hybridized carbons (Fsp3) is 0.500. The number of aryl methyl sites for hydroxylation is 1. The maximum atomic E-state index is 13.3. The van der Waals surface area contributed by atoms with Crippen LogP contribution in [0.25, 0.3) is 11.1 Å². The van der Waals surface area contributed by atoms with Crippen molar-refractivity contribution in [2.45, 2.75) is 63.7 Å². The SMILES string of the molecule is CNC(=O)N1CCc2c(-c3cc(OC)c(CN4CCC(CCN(C)C5CN(c6ccc7c(c6)C(=O)N(C6CCC(=O)NC6=O)C7=O)C5)CC4)c(OC)c3)cn(C)c(=O)c2C1. The third-order valence-corrected chi connectivity index (χ3v) is 13.2. The molecule has 2 aromatic carbocycles. The van der Waals surface area contributed by atoms with Crippen LogP contribution in [0.4, 0.5) is 10.5 Å². The number of piperidine rings is 2. The molecule has 6 amide bonds. The summed E-state index contributed by atoms with van der Waals surface area (Å²) in [6.45, 7) is 6.03. The number of likely N-dealkylation sites (tertiary alicyclic amines) is 1.